The molecule has 0 aromatic heterocycles. The van der Waals surface area contributed by atoms with Gasteiger partial charge in [0.1, 0.15) is 5.75 Å². The van der Waals surface area contributed by atoms with Crippen molar-refractivity contribution in [1.82, 2.24) is 10.2 Å². The lowest BCUT2D eigenvalue weighted by molar-refractivity contribution is -0.125. The topological polar surface area (TPSA) is 84.7 Å². The van der Waals surface area contributed by atoms with Crippen molar-refractivity contribution in [3.05, 3.63) is 29.3 Å². The zero-order valence-corrected chi connectivity index (χ0v) is 12.1. The highest BCUT2D eigenvalue weighted by Crippen LogP contribution is 2.19. The number of hydrogen-bond acceptors (Lipinski definition) is 4. The van der Waals surface area contributed by atoms with E-state index in [0.717, 1.165) is 16.0 Å². The number of nitrogens with zero attached hydrogens (tertiary/aromatic N) is 1. The lowest BCUT2D eigenvalue weighted by Gasteiger charge is -2.19. The standard InChI is InChI=1S/C14H21N3O3/c1-10-5-4-6-13(11(10)2)20-9-16-14(19)17(8-7-15)12(3)18/h4-6H,7-9,15H2,1-3H3,(H,16,19). The second-order valence-corrected chi connectivity index (χ2v) is 4.43. The molecule has 3 amide bonds. The zero-order chi connectivity index (χ0) is 15.1. The van der Waals surface area contributed by atoms with Gasteiger partial charge in [-0.1, -0.05) is 12.1 Å². The van der Waals surface area contributed by atoms with E-state index in [9.17, 15) is 9.59 Å². The molecule has 1 aromatic carbocycles. The fraction of sp³-hybridized carbons (Fsp3) is 0.429. The minimum absolute atomic E-state index is 0.00250. The maximum atomic E-state index is 11.8. The zero-order valence-electron chi connectivity index (χ0n) is 12.1. The number of imide groups is 1. The number of aryl methyl sites for hydroxylation is 1. The summed E-state index contributed by atoms with van der Waals surface area (Å²) < 4.78 is 5.50. The number of rotatable bonds is 5. The maximum Gasteiger partial charge on any atom is 0.326 e. The minimum atomic E-state index is -0.506. The minimum Gasteiger partial charge on any atom is -0.473 e. The summed E-state index contributed by atoms with van der Waals surface area (Å²) in [5, 5.41) is 2.53. The molecule has 1 aromatic rings. The maximum absolute atomic E-state index is 11.8. The highest BCUT2D eigenvalue weighted by molar-refractivity contribution is 5.93. The summed E-state index contributed by atoms with van der Waals surface area (Å²) in [6.45, 7) is 5.66. The van der Waals surface area contributed by atoms with E-state index in [-0.39, 0.29) is 25.7 Å². The molecule has 110 valence electrons. The average Bonchev–Trinajstić information content (AvgIpc) is 2.40. The van der Waals surface area contributed by atoms with Gasteiger partial charge in [0, 0.05) is 20.0 Å². The van der Waals surface area contributed by atoms with E-state index in [0.29, 0.717) is 5.75 Å². The molecule has 0 saturated heterocycles. The van der Waals surface area contributed by atoms with Crippen molar-refractivity contribution >= 4 is 11.9 Å². The number of hydrogen-bond donors (Lipinski definition) is 2. The molecule has 6 nitrogen and oxygen atoms in total. The third-order valence-corrected chi connectivity index (χ3v) is 2.98. The summed E-state index contributed by atoms with van der Waals surface area (Å²) >= 11 is 0. The molecule has 6 heteroatoms. The Morgan fingerprint density at radius 3 is 2.65 bits per heavy atom. The SMILES string of the molecule is CC(=O)N(CCN)C(=O)NCOc1cccc(C)c1C. The first kappa shape index (κ1) is 16.0. The molecule has 0 saturated carbocycles. The van der Waals surface area contributed by atoms with Crippen LogP contribution < -0.4 is 15.8 Å². The lowest BCUT2D eigenvalue weighted by Crippen LogP contribution is -2.46. The first-order chi connectivity index (χ1) is 9.47. The highest BCUT2D eigenvalue weighted by Gasteiger charge is 2.16. The Hall–Kier alpha value is -2.08. The first-order valence-electron chi connectivity index (χ1n) is 6.42. The molecule has 0 aliphatic heterocycles. The van der Waals surface area contributed by atoms with E-state index in [2.05, 4.69) is 5.32 Å². The van der Waals surface area contributed by atoms with Crippen LogP contribution in [0.4, 0.5) is 4.79 Å². The van der Waals surface area contributed by atoms with Crippen LogP contribution in [0.25, 0.3) is 0 Å². The molecule has 20 heavy (non-hydrogen) atoms. The molecule has 1 rings (SSSR count). The van der Waals surface area contributed by atoms with Gasteiger partial charge in [0.25, 0.3) is 0 Å². The number of nitrogens with one attached hydrogen (secondary N) is 1. The van der Waals surface area contributed by atoms with E-state index in [4.69, 9.17) is 10.5 Å². The predicted molar refractivity (Wildman–Crippen MR) is 76.4 cm³/mol. The summed E-state index contributed by atoms with van der Waals surface area (Å²) in [4.78, 5) is 24.1. The van der Waals surface area contributed by atoms with Crippen molar-refractivity contribution in [3.63, 3.8) is 0 Å². The van der Waals surface area contributed by atoms with Crippen LogP contribution in [0, 0.1) is 13.8 Å². The van der Waals surface area contributed by atoms with Gasteiger partial charge >= 0.3 is 6.03 Å². The van der Waals surface area contributed by atoms with Gasteiger partial charge in [0.05, 0.1) is 0 Å². The molecule has 0 heterocycles. The number of amides is 3. The number of urea groups is 1. The van der Waals surface area contributed by atoms with E-state index in [1.165, 1.54) is 6.92 Å². The Morgan fingerprint density at radius 2 is 2.05 bits per heavy atom. The number of carbonyl (C=O) groups excluding carboxylic acids is 2. The predicted octanol–water partition coefficient (Wildman–Crippen LogP) is 1.16. The van der Waals surface area contributed by atoms with E-state index in [1.54, 1.807) is 0 Å². The summed E-state index contributed by atoms with van der Waals surface area (Å²) in [5.41, 5.74) is 7.49. The molecule has 0 aliphatic rings. The summed E-state index contributed by atoms with van der Waals surface area (Å²) in [6, 6.07) is 5.19. The van der Waals surface area contributed by atoms with Gasteiger partial charge in [0.2, 0.25) is 5.91 Å². The fourth-order valence-electron chi connectivity index (χ4n) is 1.68. The number of ether oxygens (including phenoxy) is 1. The number of benzene rings is 1. The Kier molecular flexibility index (Phi) is 5.99. The van der Waals surface area contributed by atoms with E-state index in [1.807, 2.05) is 32.0 Å². The second kappa shape index (κ2) is 7.49. The van der Waals surface area contributed by atoms with Crippen LogP contribution in [0.3, 0.4) is 0 Å². The van der Waals surface area contributed by atoms with Crippen molar-refractivity contribution in [3.8, 4) is 5.75 Å². The third kappa shape index (κ3) is 4.24. The Bertz CT molecular complexity index is 489. The van der Waals surface area contributed by atoms with Gasteiger partial charge in [0.15, 0.2) is 6.73 Å². The molecule has 0 aliphatic carbocycles. The van der Waals surface area contributed by atoms with Crippen LogP contribution in [0.1, 0.15) is 18.1 Å². The van der Waals surface area contributed by atoms with Crippen LogP contribution in [0.5, 0.6) is 5.75 Å². The van der Waals surface area contributed by atoms with E-state index >= 15 is 0 Å². The van der Waals surface area contributed by atoms with Gasteiger partial charge in [-0.05, 0) is 31.0 Å². The van der Waals surface area contributed by atoms with Gasteiger partial charge in [-0.15, -0.1) is 0 Å². The Balaban J connectivity index is 2.53. The highest BCUT2D eigenvalue weighted by atomic mass is 16.5. The van der Waals surface area contributed by atoms with Crippen LogP contribution in [0.2, 0.25) is 0 Å². The smallest absolute Gasteiger partial charge is 0.326 e. The summed E-state index contributed by atoms with van der Waals surface area (Å²) in [7, 11) is 0. The molecule has 0 atom stereocenters. The second-order valence-electron chi connectivity index (χ2n) is 4.43. The van der Waals surface area contributed by atoms with Gasteiger partial charge < -0.3 is 15.8 Å². The summed E-state index contributed by atoms with van der Waals surface area (Å²) in [5.74, 6) is 0.359. The fourth-order valence-corrected chi connectivity index (χ4v) is 1.68. The molecular formula is C14H21N3O3. The Morgan fingerprint density at radius 1 is 1.35 bits per heavy atom. The molecule has 0 bridgehead atoms. The quantitative estimate of drug-likeness (QED) is 0.792. The molecule has 0 fully saturated rings. The lowest BCUT2D eigenvalue weighted by atomic mass is 10.1. The van der Waals surface area contributed by atoms with Gasteiger partial charge in [-0.2, -0.15) is 0 Å². The molecule has 3 N–H and O–H groups in total. The van der Waals surface area contributed by atoms with Crippen molar-refractivity contribution in [2.45, 2.75) is 20.8 Å². The molecule has 0 unspecified atom stereocenters. The number of nitrogens with two attached hydrogens (primary N) is 1. The monoisotopic (exact) mass is 279 g/mol. The largest absolute Gasteiger partial charge is 0.473 e. The Labute approximate surface area is 118 Å². The van der Waals surface area contributed by atoms with Gasteiger partial charge in [-0.3, -0.25) is 9.69 Å². The summed E-state index contributed by atoms with van der Waals surface area (Å²) in [6.07, 6.45) is 0. The van der Waals surface area contributed by atoms with E-state index < -0.39 is 6.03 Å². The van der Waals surface area contributed by atoms with Gasteiger partial charge in [-0.25, -0.2) is 4.79 Å². The molecule has 0 radical (unpaired) electrons. The number of carbonyl (C=O) groups is 2. The molecular weight excluding hydrogens is 258 g/mol. The normalized spacial score (nSPS) is 10.0. The first-order valence-corrected chi connectivity index (χ1v) is 6.42. The van der Waals surface area contributed by atoms with Crippen molar-refractivity contribution in [1.29, 1.82) is 0 Å². The molecule has 0 spiro atoms. The van der Waals surface area contributed by atoms with Crippen molar-refractivity contribution < 1.29 is 14.3 Å². The van der Waals surface area contributed by atoms with Crippen LogP contribution in [-0.2, 0) is 4.79 Å². The average molecular weight is 279 g/mol. The third-order valence-electron chi connectivity index (χ3n) is 2.98. The van der Waals surface area contributed by atoms with Crippen molar-refractivity contribution in [2.24, 2.45) is 5.73 Å². The van der Waals surface area contributed by atoms with Crippen LogP contribution >= 0.6 is 0 Å². The van der Waals surface area contributed by atoms with Crippen LogP contribution in [-0.4, -0.2) is 36.7 Å². The van der Waals surface area contributed by atoms with Crippen LogP contribution in [0.15, 0.2) is 18.2 Å². The van der Waals surface area contributed by atoms with Crippen molar-refractivity contribution in [2.75, 3.05) is 19.8 Å².